The van der Waals surface area contributed by atoms with Crippen molar-refractivity contribution < 1.29 is 101 Å². The van der Waals surface area contributed by atoms with Gasteiger partial charge in [0.25, 0.3) is 0 Å². The van der Waals surface area contributed by atoms with E-state index < -0.39 is 144 Å². The van der Waals surface area contributed by atoms with Crippen LogP contribution in [0, 0.1) is 0 Å². The smallest absolute Gasteiger partial charge is 0.342 e. The summed E-state index contributed by atoms with van der Waals surface area (Å²) in [6, 6.07) is 4.98. The molecule has 0 aromatic carbocycles. The van der Waals surface area contributed by atoms with E-state index in [0.717, 1.165) is 186 Å². The molecule has 0 bridgehead atoms. The summed E-state index contributed by atoms with van der Waals surface area (Å²) in [6.07, 6.45) is 17.8. The lowest BCUT2D eigenvalue weighted by molar-refractivity contribution is 0.0171. The molecule has 5 fully saturated rings. The number of rotatable bonds is 57. The fraction of sp³-hybridized carbons (Fsp3) is 0.974. The second-order valence-corrected chi connectivity index (χ2v) is 112. The standard InChI is InChI=1S/C22H48O6Si3.C20H48O6Si5.C19H48O6Si5.C17H42O5Si4/c1-29(2,17-9-13-23-19-21-11-7-15-25-21)27-31(5,6)28-30(3,4)18-10-14-24-20-22-12-8-16-26-22;1-12-30(10,23-27(2,3)4)25-29(8,9)26-31(11,24-28(5,6)7)18-14-16-21-19-20-15-13-17-22-20;1-26(2,3)22-28(7,8)24-29(9,10)25-30(11,23-27(4,5)6)17-13-15-20-18-19-14-12-16-21-19;1-23(2,3)20-25(7,8)22-26(9,21-24(4,5)6)15-11-13-18-16-17-12-10-14-19-17/h21-22H,7-20H2,1-6H3;12,20H,1,13-19H2,2-11H3;19H,12-18H2,1-11H3;17H,10-16H2,1-9H3. The maximum Gasteiger partial charge on any atom is 0.342 e. The van der Waals surface area contributed by atoms with Gasteiger partial charge in [-0.1, -0.05) is 5.70 Å². The third-order valence-corrected chi connectivity index (χ3v) is 78.5. The van der Waals surface area contributed by atoms with E-state index in [0.29, 0.717) is 44.7 Å². The van der Waals surface area contributed by atoms with Crippen molar-refractivity contribution in [1.82, 2.24) is 0 Å². The quantitative estimate of drug-likeness (QED) is 0.0409. The van der Waals surface area contributed by atoms with Gasteiger partial charge in [-0.2, -0.15) is 0 Å². The van der Waals surface area contributed by atoms with E-state index in [1.165, 1.54) is 12.8 Å². The van der Waals surface area contributed by atoms with Crippen LogP contribution < -0.4 is 0 Å². The van der Waals surface area contributed by atoms with Crippen molar-refractivity contribution in [2.45, 2.75) is 393 Å². The molecule has 5 rings (SSSR count). The van der Waals surface area contributed by atoms with E-state index in [2.05, 4.69) is 242 Å². The van der Waals surface area contributed by atoms with Gasteiger partial charge in [-0.15, -0.1) is 6.58 Å². The minimum absolute atomic E-state index is 0.269. The molecule has 0 N–H and O–H groups in total. The van der Waals surface area contributed by atoms with Gasteiger partial charge in [-0.3, -0.25) is 0 Å². The van der Waals surface area contributed by atoms with Gasteiger partial charge in [-0.25, -0.2) is 0 Å². The van der Waals surface area contributed by atoms with Crippen molar-refractivity contribution in [3.05, 3.63) is 12.3 Å². The van der Waals surface area contributed by atoms with Crippen LogP contribution in [0.2, 0.25) is 266 Å². The monoisotopic (exact) mass is 1970 g/mol. The van der Waals surface area contributed by atoms with Crippen LogP contribution in [-0.2, 0) is 101 Å². The fourth-order valence-electron chi connectivity index (χ4n) is 16.3. The third kappa shape index (κ3) is 61.2. The summed E-state index contributed by atoms with van der Waals surface area (Å²) in [5, 5.41) is 0. The fourth-order valence-corrected chi connectivity index (χ4v) is 93.4. The topological polar surface area (TPSA) is 212 Å². The van der Waals surface area contributed by atoms with Crippen LogP contribution in [0.15, 0.2) is 12.3 Å². The van der Waals surface area contributed by atoms with Crippen molar-refractivity contribution in [2.24, 2.45) is 0 Å². The molecule has 0 aromatic rings. The molecular weight excluding hydrogens is 1780 g/mol. The van der Waals surface area contributed by atoms with E-state index in [9.17, 15) is 0 Å². The van der Waals surface area contributed by atoms with Gasteiger partial charge in [0.2, 0.25) is 0 Å². The number of hydrogen-bond donors (Lipinski definition) is 0. The Morgan fingerprint density at radius 2 is 0.441 bits per heavy atom. The van der Waals surface area contributed by atoms with Gasteiger partial charge in [0.05, 0.1) is 63.6 Å². The van der Waals surface area contributed by atoms with Crippen molar-refractivity contribution in [3.8, 4) is 0 Å². The van der Waals surface area contributed by atoms with Crippen LogP contribution >= 0.6 is 0 Å². The summed E-state index contributed by atoms with van der Waals surface area (Å²) in [5.41, 5.74) is 1.89. The first-order valence-electron chi connectivity index (χ1n) is 45.4. The van der Waals surface area contributed by atoms with Gasteiger partial charge >= 0.3 is 77.0 Å². The minimum atomic E-state index is -2.51. The Kier molecular flexibility index (Phi) is 52.0. The van der Waals surface area contributed by atoms with E-state index in [-0.39, 0.29) is 12.2 Å². The zero-order valence-electron chi connectivity index (χ0n) is 82.8. The zero-order valence-corrected chi connectivity index (χ0v) is 99.8. The van der Waals surface area contributed by atoms with Crippen LogP contribution in [0.25, 0.3) is 0 Å². The third-order valence-electron chi connectivity index (χ3n) is 18.5. The van der Waals surface area contributed by atoms with Crippen LogP contribution in [-0.4, -0.2) is 273 Å². The molecule has 0 aromatic heterocycles. The number of ether oxygens (including phenoxy) is 10. The van der Waals surface area contributed by atoms with Gasteiger partial charge in [-0.05, 0) is 362 Å². The molecule has 5 heterocycles. The summed E-state index contributed by atoms with van der Waals surface area (Å²) in [5.74, 6) is 0. The van der Waals surface area contributed by atoms with Crippen molar-refractivity contribution >= 4 is 144 Å². The summed E-state index contributed by atoms with van der Waals surface area (Å²) in [4.78, 5) is 0. The van der Waals surface area contributed by atoms with Crippen LogP contribution in [0.3, 0.4) is 0 Å². The summed E-state index contributed by atoms with van der Waals surface area (Å²) in [6.45, 7) is 95.3. The lowest BCUT2D eigenvalue weighted by Crippen LogP contribution is -2.59. The highest BCUT2D eigenvalue weighted by Crippen LogP contribution is 2.35. The van der Waals surface area contributed by atoms with Gasteiger partial charge < -0.3 is 101 Å². The van der Waals surface area contributed by atoms with E-state index in [4.69, 9.17) is 101 Å². The molecule has 704 valence electrons. The van der Waals surface area contributed by atoms with Crippen molar-refractivity contribution in [2.75, 3.05) is 99.1 Å². The summed E-state index contributed by atoms with van der Waals surface area (Å²) < 4.78 is 143. The highest BCUT2D eigenvalue weighted by molar-refractivity contribution is 6.94. The molecular formula is C78H186O23Si17. The first kappa shape index (κ1) is 117. The lowest BCUT2D eigenvalue weighted by Gasteiger charge is -2.43. The minimum Gasteiger partial charge on any atom is -0.437 e. The molecule has 0 spiro atoms. The molecule has 9 atom stereocenters. The lowest BCUT2D eigenvalue weighted by atomic mass is 10.2. The van der Waals surface area contributed by atoms with Crippen LogP contribution in [0.4, 0.5) is 0 Å². The maximum absolute atomic E-state index is 6.80. The second-order valence-electron chi connectivity index (χ2n) is 43.2. The van der Waals surface area contributed by atoms with Gasteiger partial charge in [0.15, 0.2) is 66.5 Å². The Hall–Kier alpha value is 2.51. The average molecular weight is 1970 g/mol. The molecule has 0 amide bonds. The molecule has 40 heteroatoms. The molecule has 23 nitrogen and oxygen atoms in total. The Bertz CT molecular complexity index is 2650. The largest absolute Gasteiger partial charge is 0.437 e. The molecule has 5 saturated heterocycles. The maximum atomic E-state index is 6.80. The van der Waals surface area contributed by atoms with Crippen molar-refractivity contribution in [3.63, 3.8) is 0 Å². The van der Waals surface area contributed by atoms with Crippen LogP contribution in [0.5, 0.6) is 0 Å². The Morgan fingerprint density at radius 1 is 0.237 bits per heavy atom. The average Bonchev–Trinajstić information content (AvgIpc) is 1.14. The normalized spacial score (nSPS) is 22.1. The van der Waals surface area contributed by atoms with Gasteiger partial charge in [0, 0.05) is 66.1 Å². The van der Waals surface area contributed by atoms with E-state index in [1.807, 2.05) is 5.70 Å². The highest BCUT2D eigenvalue weighted by atomic mass is 28.5. The predicted molar refractivity (Wildman–Crippen MR) is 529 cm³/mol. The highest BCUT2D eigenvalue weighted by Gasteiger charge is 2.50. The first-order chi connectivity index (χ1) is 53.6. The molecule has 0 aliphatic carbocycles. The summed E-state index contributed by atoms with van der Waals surface area (Å²) in [7, 11) is -35.0. The molecule has 0 saturated carbocycles. The van der Waals surface area contributed by atoms with E-state index >= 15 is 0 Å². The molecule has 5 aliphatic rings. The molecule has 5 aliphatic heterocycles. The SMILES string of the molecule is C=C[Si](C)(O[Si](C)(C)C)O[Si](C)(C)O[Si](C)(CCCOCC1CCCO1)O[Si](C)(C)C.C[Si](C)(C)O[Si](C)(C)O[Si](C)(C)O[Si](C)(CCCOCC1CCCO1)O[Si](C)(C)C.C[Si](C)(C)O[Si](C)(C)O[Si](C)(CCCOCC1CCCO1)O[Si](C)(C)C.C[Si](C)(CCCOCC1CCCO1)O[Si](C)(C)O[Si](C)(C)CCCOCC1CCCO1. The van der Waals surface area contributed by atoms with Gasteiger partial charge in [0.1, 0.15) is 0 Å². The van der Waals surface area contributed by atoms with Crippen LogP contribution in [0.1, 0.15) is 96.3 Å². The molecule has 118 heavy (non-hydrogen) atoms. The molecule has 0 radical (unpaired) electrons. The predicted octanol–water partition coefficient (Wildman–Crippen LogP) is 22.0. The Balaban J connectivity index is 0.000000535. The number of hydrogen-bond acceptors (Lipinski definition) is 23. The van der Waals surface area contributed by atoms with Crippen molar-refractivity contribution in [1.29, 1.82) is 0 Å². The first-order valence-corrected chi connectivity index (χ1v) is 96.1. The second kappa shape index (κ2) is 52.7. The molecule has 9 unspecified atom stereocenters. The zero-order chi connectivity index (χ0) is 90.1. The Morgan fingerprint density at radius 3 is 0.653 bits per heavy atom. The van der Waals surface area contributed by atoms with E-state index in [1.54, 1.807) is 0 Å². The summed E-state index contributed by atoms with van der Waals surface area (Å²) >= 11 is 0. The Labute approximate surface area is 742 Å².